The molecule has 6 nitrogen and oxygen atoms in total. The zero-order valence-electron chi connectivity index (χ0n) is 9.62. The van der Waals surface area contributed by atoms with Gasteiger partial charge in [-0.3, -0.25) is 9.89 Å². The van der Waals surface area contributed by atoms with Gasteiger partial charge in [0.1, 0.15) is 11.5 Å². The number of aryl methyl sites for hydroxylation is 1. The van der Waals surface area contributed by atoms with Crippen molar-refractivity contribution in [1.82, 2.24) is 20.2 Å². The molecule has 0 unspecified atom stereocenters. The van der Waals surface area contributed by atoms with Crippen LogP contribution in [0.15, 0.2) is 18.3 Å². The van der Waals surface area contributed by atoms with E-state index in [9.17, 15) is 18.0 Å². The highest BCUT2D eigenvalue weighted by atomic mass is 19.4. The van der Waals surface area contributed by atoms with Crippen molar-refractivity contribution in [3.8, 4) is 0 Å². The quantitative estimate of drug-likeness (QED) is 0.872. The van der Waals surface area contributed by atoms with Gasteiger partial charge in [0.15, 0.2) is 0 Å². The van der Waals surface area contributed by atoms with Crippen LogP contribution in [0.5, 0.6) is 0 Å². The number of H-pyrrole nitrogens is 1. The summed E-state index contributed by atoms with van der Waals surface area (Å²) in [6.45, 7) is 1.61. The number of aromatic amines is 1. The number of carbonyl (C=O) groups is 1. The van der Waals surface area contributed by atoms with E-state index >= 15 is 0 Å². The lowest BCUT2D eigenvalue weighted by Gasteiger charge is -2.06. The molecule has 100 valence electrons. The number of carbonyl (C=O) groups excluding carboxylic acids is 1. The molecular formula is C10H8F3N5O. The summed E-state index contributed by atoms with van der Waals surface area (Å²) in [6, 6.07) is 1.88. The molecule has 0 saturated heterocycles. The zero-order chi connectivity index (χ0) is 14.0. The summed E-state index contributed by atoms with van der Waals surface area (Å²) in [6.07, 6.45) is -3.59. The zero-order valence-corrected chi connectivity index (χ0v) is 9.62. The Balaban J connectivity index is 2.10. The van der Waals surface area contributed by atoms with Gasteiger partial charge in [-0.25, -0.2) is 9.97 Å². The Labute approximate surface area is 105 Å². The Morgan fingerprint density at radius 1 is 1.37 bits per heavy atom. The first-order valence-electron chi connectivity index (χ1n) is 5.10. The van der Waals surface area contributed by atoms with Crippen LogP contribution in [-0.4, -0.2) is 26.1 Å². The van der Waals surface area contributed by atoms with Crippen LogP contribution in [0.4, 0.5) is 18.9 Å². The van der Waals surface area contributed by atoms with Crippen LogP contribution in [-0.2, 0) is 6.18 Å². The molecule has 9 heteroatoms. The largest absolute Gasteiger partial charge is 0.433 e. The van der Waals surface area contributed by atoms with E-state index in [1.807, 2.05) is 0 Å². The first-order chi connectivity index (χ1) is 8.86. The van der Waals surface area contributed by atoms with Crippen molar-refractivity contribution in [2.75, 3.05) is 5.32 Å². The van der Waals surface area contributed by atoms with E-state index in [2.05, 4.69) is 25.5 Å². The van der Waals surface area contributed by atoms with E-state index < -0.39 is 17.8 Å². The third kappa shape index (κ3) is 3.06. The molecule has 0 aliphatic rings. The standard InChI is InChI=1S/C10H8F3N5O/c1-5-15-8(18-17-5)9(19)16-6-2-3-7(14-4-6)10(11,12)13/h2-4H,1H3,(H,16,19)(H,15,17,18). The van der Waals surface area contributed by atoms with Gasteiger partial charge in [-0.2, -0.15) is 13.2 Å². The molecule has 2 rings (SSSR count). The number of nitrogens with one attached hydrogen (secondary N) is 2. The Kier molecular flexibility index (Phi) is 3.19. The van der Waals surface area contributed by atoms with Crippen molar-refractivity contribution in [2.24, 2.45) is 0 Å². The van der Waals surface area contributed by atoms with Gasteiger partial charge >= 0.3 is 6.18 Å². The molecule has 2 heterocycles. The molecule has 0 fully saturated rings. The van der Waals surface area contributed by atoms with Crippen LogP contribution < -0.4 is 5.32 Å². The number of pyridine rings is 1. The summed E-state index contributed by atoms with van der Waals surface area (Å²) in [4.78, 5) is 18.6. The Morgan fingerprint density at radius 2 is 2.11 bits per heavy atom. The molecule has 0 aromatic carbocycles. The number of hydrogen-bond acceptors (Lipinski definition) is 4. The van der Waals surface area contributed by atoms with Gasteiger partial charge in [-0.1, -0.05) is 0 Å². The summed E-state index contributed by atoms with van der Waals surface area (Å²) in [7, 11) is 0. The summed E-state index contributed by atoms with van der Waals surface area (Å²) >= 11 is 0. The van der Waals surface area contributed by atoms with E-state index in [0.29, 0.717) is 5.82 Å². The smallest absolute Gasteiger partial charge is 0.318 e. The molecule has 2 N–H and O–H groups in total. The minimum absolute atomic E-state index is 0.0996. The van der Waals surface area contributed by atoms with Crippen molar-refractivity contribution in [3.05, 3.63) is 35.7 Å². The number of amides is 1. The lowest BCUT2D eigenvalue weighted by molar-refractivity contribution is -0.141. The molecule has 0 bridgehead atoms. The van der Waals surface area contributed by atoms with Crippen LogP contribution in [0.2, 0.25) is 0 Å². The highest BCUT2D eigenvalue weighted by Gasteiger charge is 2.32. The van der Waals surface area contributed by atoms with Gasteiger partial charge < -0.3 is 5.32 Å². The fourth-order valence-electron chi connectivity index (χ4n) is 1.27. The van der Waals surface area contributed by atoms with Crippen LogP contribution in [0, 0.1) is 6.92 Å². The molecule has 2 aromatic rings. The molecule has 0 spiro atoms. The second kappa shape index (κ2) is 4.67. The second-order valence-electron chi connectivity index (χ2n) is 3.63. The Morgan fingerprint density at radius 3 is 2.58 bits per heavy atom. The van der Waals surface area contributed by atoms with Gasteiger partial charge in [-0.15, -0.1) is 5.10 Å². The van der Waals surface area contributed by atoms with Crippen LogP contribution >= 0.6 is 0 Å². The van der Waals surface area contributed by atoms with Crippen LogP contribution in [0.1, 0.15) is 22.1 Å². The number of halogens is 3. The van der Waals surface area contributed by atoms with E-state index in [4.69, 9.17) is 0 Å². The lowest BCUT2D eigenvalue weighted by Crippen LogP contribution is -2.15. The highest BCUT2D eigenvalue weighted by molar-refractivity contribution is 6.01. The molecule has 2 aromatic heterocycles. The fourth-order valence-corrected chi connectivity index (χ4v) is 1.27. The number of hydrogen-bond donors (Lipinski definition) is 2. The van der Waals surface area contributed by atoms with Gasteiger partial charge in [0.25, 0.3) is 5.91 Å². The van der Waals surface area contributed by atoms with Crippen molar-refractivity contribution < 1.29 is 18.0 Å². The van der Waals surface area contributed by atoms with E-state index in [1.165, 1.54) is 0 Å². The van der Waals surface area contributed by atoms with Crippen LogP contribution in [0.3, 0.4) is 0 Å². The van der Waals surface area contributed by atoms with Gasteiger partial charge in [0.05, 0.1) is 11.9 Å². The predicted molar refractivity (Wildman–Crippen MR) is 58.3 cm³/mol. The summed E-state index contributed by atoms with van der Waals surface area (Å²) in [5, 5.41) is 8.43. The van der Waals surface area contributed by atoms with Gasteiger partial charge in [-0.05, 0) is 19.1 Å². The number of aromatic nitrogens is 4. The topological polar surface area (TPSA) is 83.6 Å². The Bertz CT molecular complexity index is 590. The monoisotopic (exact) mass is 271 g/mol. The SMILES string of the molecule is Cc1nc(C(=O)Nc2ccc(C(F)(F)F)nc2)n[nH]1. The normalized spacial score (nSPS) is 11.4. The van der Waals surface area contributed by atoms with E-state index in [1.54, 1.807) is 6.92 Å². The van der Waals surface area contributed by atoms with E-state index in [0.717, 1.165) is 18.3 Å². The van der Waals surface area contributed by atoms with Crippen molar-refractivity contribution in [2.45, 2.75) is 13.1 Å². The maximum atomic E-state index is 12.3. The number of nitrogens with zero attached hydrogens (tertiary/aromatic N) is 3. The maximum Gasteiger partial charge on any atom is 0.433 e. The maximum absolute atomic E-state index is 12.3. The average molecular weight is 271 g/mol. The van der Waals surface area contributed by atoms with Gasteiger partial charge in [0.2, 0.25) is 5.82 Å². The molecule has 1 amide bonds. The van der Waals surface area contributed by atoms with E-state index in [-0.39, 0.29) is 11.5 Å². The molecule has 0 atom stereocenters. The number of rotatable bonds is 2. The Hall–Kier alpha value is -2.45. The number of anilines is 1. The van der Waals surface area contributed by atoms with Crippen molar-refractivity contribution in [3.63, 3.8) is 0 Å². The summed E-state index contributed by atoms with van der Waals surface area (Å²) in [5.41, 5.74) is -0.903. The number of alkyl halides is 3. The predicted octanol–water partition coefficient (Wildman–Crippen LogP) is 1.78. The first-order valence-corrected chi connectivity index (χ1v) is 5.10. The van der Waals surface area contributed by atoms with Crippen molar-refractivity contribution >= 4 is 11.6 Å². The second-order valence-corrected chi connectivity index (χ2v) is 3.63. The molecule has 0 saturated carbocycles. The third-order valence-electron chi connectivity index (χ3n) is 2.11. The summed E-state index contributed by atoms with van der Waals surface area (Å²) < 4.78 is 36.8. The molecule has 0 aliphatic carbocycles. The van der Waals surface area contributed by atoms with Crippen LogP contribution in [0.25, 0.3) is 0 Å². The molecule has 0 aliphatic heterocycles. The summed E-state index contributed by atoms with van der Waals surface area (Å²) in [5.74, 6) is -0.279. The minimum Gasteiger partial charge on any atom is -0.318 e. The molecule has 0 radical (unpaired) electrons. The fraction of sp³-hybridized carbons (Fsp3) is 0.200. The molecule has 19 heavy (non-hydrogen) atoms. The molecular weight excluding hydrogens is 263 g/mol. The lowest BCUT2D eigenvalue weighted by atomic mass is 10.3. The highest BCUT2D eigenvalue weighted by Crippen LogP contribution is 2.27. The third-order valence-corrected chi connectivity index (χ3v) is 2.11. The first kappa shape index (κ1) is 13.0. The van der Waals surface area contributed by atoms with Crippen molar-refractivity contribution in [1.29, 1.82) is 0 Å². The van der Waals surface area contributed by atoms with Gasteiger partial charge in [0, 0.05) is 0 Å². The average Bonchev–Trinajstić information content (AvgIpc) is 2.75. The minimum atomic E-state index is -4.51.